The number of ketones is 1. The van der Waals surface area contributed by atoms with Crippen molar-refractivity contribution in [2.45, 2.75) is 6.18 Å². The van der Waals surface area contributed by atoms with Crippen LogP contribution in [-0.2, 0) is 11.0 Å². The predicted octanol–water partition coefficient (Wildman–Crippen LogP) is 4.07. The molecular weight excluding hydrogens is 365 g/mol. The third-order valence-corrected chi connectivity index (χ3v) is 3.44. The van der Waals surface area contributed by atoms with E-state index in [1.807, 2.05) is 0 Å². The number of carboxylic acids is 1. The molecule has 0 bridgehead atoms. The van der Waals surface area contributed by atoms with Gasteiger partial charge in [0.25, 0.3) is 0 Å². The summed E-state index contributed by atoms with van der Waals surface area (Å²) in [6.07, 6.45) is -1.98. The molecule has 0 saturated heterocycles. The molecule has 2 rings (SSSR count). The van der Waals surface area contributed by atoms with E-state index in [2.05, 4.69) is 0 Å². The number of halogens is 3. The Morgan fingerprint density at radius 1 is 1.11 bits per heavy atom. The van der Waals surface area contributed by atoms with E-state index in [9.17, 15) is 22.8 Å². The van der Waals surface area contributed by atoms with Gasteiger partial charge in [-0.3, -0.25) is 4.79 Å². The van der Waals surface area contributed by atoms with E-state index in [0.717, 1.165) is 18.2 Å². The molecule has 0 amide bonds. The minimum absolute atomic E-state index is 0.0885. The quantitative estimate of drug-likeness (QED) is 0.579. The number of alkyl halides is 3. The van der Waals surface area contributed by atoms with Crippen molar-refractivity contribution in [3.8, 4) is 11.5 Å². The second kappa shape index (κ2) is 8.39. The molecule has 0 heterocycles. The maximum Gasteiger partial charge on any atom is 0.416 e. The van der Waals surface area contributed by atoms with Gasteiger partial charge in [-0.2, -0.15) is 13.2 Å². The summed E-state index contributed by atoms with van der Waals surface area (Å²) in [6, 6.07) is 8.67. The van der Waals surface area contributed by atoms with Crippen LogP contribution in [0.1, 0.15) is 21.5 Å². The van der Waals surface area contributed by atoms with Gasteiger partial charge in [-0.15, -0.1) is 0 Å². The maximum absolute atomic E-state index is 12.7. The third-order valence-electron chi connectivity index (χ3n) is 3.44. The van der Waals surface area contributed by atoms with Gasteiger partial charge in [0.05, 0.1) is 12.7 Å². The Balaban J connectivity index is 2.17. The van der Waals surface area contributed by atoms with Crippen molar-refractivity contribution in [1.82, 2.24) is 0 Å². The van der Waals surface area contributed by atoms with Crippen LogP contribution in [0.4, 0.5) is 13.2 Å². The molecule has 0 aliphatic carbocycles. The SMILES string of the molecule is COc1cc(C=CC(=O)c2cccc(C(F)(F)F)c2)ccc1OCC(=O)O. The van der Waals surface area contributed by atoms with E-state index in [0.29, 0.717) is 5.56 Å². The molecule has 5 nitrogen and oxygen atoms in total. The van der Waals surface area contributed by atoms with Gasteiger partial charge >= 0.3 is 12.1 Å². The monoisotopic (exact) mass is 380 g/mol. The number of rotatable bonds is 7. The number of benzene rings is 2. The van der Waals surface area contributed by atoms with Gasteiger partial charge in [0.2, 0.25) is 0 Å². The number of aliphatic carboxylic acids is 1. The summed E-state index contributed by atoms with van der Waals surface area (Å²) in [6.45, 7) is -0.542. The minimum atomic E-state index is -4.53. The van der Waals surface area contributed by atoms with Crippen LogP contribution >= 0.6 is 0 Å². The summed E-state index contributed by atoms with van der Waals surface area (Å²) < 4.78 is 48.3. The normalized spacial score (nSPS) is 11.4. The Kier molecular flexibility index (Phi) is 6.23. The fourth-order valence-corrected chi connectivity index (χ4v) is 2.16. The molecule has 0 spiro atoms. The Bertz CT molecular complexity index is 872. The molecule has 1 N–H and O–H groups in total. The number of carboxylic acid groups (broad SMARTS) is 1. The highest BCUT2D eigenvalue weighted by Crippen LogP contribution is 2.30. The number of carbonyl (C=O) groups excluding carboxylic acids is 1. The van der Waals surface area contributed by atoms with Crippen LogP contribution in [-0.4, -0.2) is 30.6 Å². The highest BCUT2D eigenvalue weighted by Gasteiger charge is 2.30. The van der Waals surface area contributed by atoms with Gasteiger partial charge in [-0.05, 0) is 35.9 Å². The molecule has 2 aromatic rings. The second-order valence-electron chi connectivity index (χ2n) is 5.37. The molecular formula is C19H15F3O5. The minimum Gasteiger partial charge on any atom is -0.493 e. The van der Waals surface area contributed by atoms with Gasteiger partial charge in [0.15, 0.2) is 23.9 Å². The fourth-order valence-electron chi connectivity index (χ4n) is 2.16. The maximum atomic E-state index is 12.7. The summed E-state index contributed by atoms with van der Waals surface area (Å²) in [7, 11) is 1.37. The summed E-state index contributed by atoms with van der Waals surface area (Å²) in [4.78, 5) is 22.7. The van der Waals surface area contributed by atoms with Crippen LogP contribution in [0.3, 0.4) is 0 Å². The number of hydrogen-bond acceptors (Lipinski definition) is 4. The van der Waals surface area contributed by atoms with Crippen molar-refractivity contribution in [3.05, 3.63) is 65.2 Å². The van der Waals surface area contributed by atoms with E-state index < -0.39 is 30.1 Å². The topological polar surface area (TPSA) is 72.8 Å². The molecule has 0 unspecified atom stereocenters. The van der Waals surface area contributed by atoms with Crippen molar-refractivity contribution in [2.24, 2.45) is 0 Å². The lowest BCUT2D eigenvalue weighted by Gasteiger charge is -2.09. The largest absolute Gasteiger partial charge is 0.493 e. The van der Waals surface area contributed by atoms with Crippen LogP contribution in [0.2, 0.25) is 0 Å². The predicted molar refractivity (Wildman–Crippen MR) is 90.9 cm³/mol. The van der Waals surface area contributed by atoms with Gasteiger partial charge in [0, 0.05) is 5.56 Å². The Morgan fingerprint density at radius 3 is 2.48 bits per heavy atom. The zero-order valence-corrected chi connectivity index (χ0v) is 14.1. The first-order valence-electron chi connectivity index (χ1n) is 7.63. The number of allylic oxidation sites excluding steroid dienone is 1. The van der Waals surface area contributed by atoms with Gasteiger partial charge in [-0.1, -0.05) is 24.3 Å². The molecule has 0 aromatic heterocycles. The summed E-state index contributed by atoms with van der Waals surface area (Å²) in [5.74, 6) is -1.27. The van der Waals surface area contributed by atoms with Crippen molar-refractivity contribution >= 4 is 17.8 Å². The van der Waals surface area contributed by atoms with E-state index in [1.54, 1.807) is 6.07 Å². The van der Waals surface area contributed by atoms with E-state index >= 15 is 0 Å². The lowest BCUT2D eigenvalue weighted by molar-refractivity contribution is -0.139. The highest BCUT2D eigenvalue weighted by molar-refractivity contribution is 6.06. The number of carbonyl (C=O) groups is 2. The Labute approximate surface area is 152 Å². The van der Waals surface area contributed by atoms with Crippen LogP contribution in [0.5, 0.6) is 11.5 Å². The van der Waals surface area contributed by atoms with Gasteiger partial charge in [-0.25, -0.2) is 4.79 Å². The lowest BCUT2D eigenvalue weighted by atomic mass is 10.1. The van der Waals surface area contributed by atoms with Crippen molar-refractivity contribution in [2.75, 3.05) is 13.7 Å². The van der Waals surface area contributed by atoms with Crippen LogP contribution < -0.4 is 9.47 Å². The molecule has 0 radical (unpaired) electrons. The molecule has 27 heavy (non-hydrogen) atoms. The summed E-state index contributed by atoms with van der Waals surface area (Å²) in [5.41, 5.74) is -0.465. The highest BCUT2D eigenvalue weighted by atomic mass is 19.4. The molecule has 142 valence electrons. The molecule has 0 atom stereocenters. The standard InChI is InChI=1S/C19H15F3O5/c1-26-17-9-12(6-8-16(17)27-11-18(24)25)5-7-15(23)13-3-2-4-14(10-13)19(20,21)22/h2-10H,11H2,1H3,(H,24,25). The van der Waals surface area contributed by atoms with Crippen molar-refractivity contribution in [3.63, 3.8) is 0 Å². The van der Waals surface area contributed by atoms with Crippen molar-refractivity contribution in [1.29, 1.82) is 0 Å². The third kappa shape index (κ3) is 5.60. The van der Waals surface area contributed by atoms with E-state index in [-0.39, 0.29) is 17.1 Å². The zero-order chi connectivity index (χ0) is 20.0. The second-order valence-corrected chi connectivity index (χ2v) is 5.37. The molecule has 0 saturated carbocycles. The molecule has 0 fully saturated rings. The van der Waals surface area contributed by atoms with Crippen LogP contribution in [0, 0.1) is 0 Å². The summed E-state index contributed by atoms with van der Waals surface area (Å²) >= 11 is 0. The summed E-state index contributed by atoms with van der Waals surface area (Å²) in [5, 5.41) is 8.63. The first-order chi connectivity index (χ1) is 12.7. The number of hydrogen-bond donors (Lipinski definition) is 1. The fraction of sp³-hybridized carbons (Fsp3) is 0.158. The zero-order valence-electron chi connectivity index (χ0n) is 14.1. The number of methoxy groups -OCH3 is 1. The lowest BCUT2D eigenvalue weighted by Crippen LogP contribution is -2.10. The average Bonchev–Trinajstić information content (AvgIpc) is 2.64. The Morgan fingerprint density at radius 2 is 1.85 bits per heavy atom. The van der Waals surface area contributed by atoms with E-state index in [4.69, 9.17) is 14.6 Å². The molecule has 8 heteroatoms. The number of ether oxygens (including phenoxy) is 2. The molecule has 0 aliphatic rings. The molecule has 2 aromatic carbocycles. The Hall–Kier alpha value is -3.29. The van der Waals surface area contributed by atoms with Gasteiger partial charge in [0.1, 0.15) is 0 Å². The van der Waals surface area contributed by atoms with E-state index in [1.165, 1.54) is 37.5 Å². The van der Waals surface area contributed by atoms with Crippen LogP contribution in [0.15, 0.2) is 48.5 Å². The van der Waals surface area contributed by atoms with Gasteiger partial charge < -0.3 is 14.6 Å². The average molecular weight is 380 g/mol. The van der Waals surface area contributed by atoms with Crippen molar-refractivity contribution < 1.29 is 37.3 Å². The first-order valence-corrected chi connectivity index (χ1v) is 7.63. The smallest absolute Gasteiger partial charge is 0.416 e. The molecule has 0 aliphatic heterocycles. The first kappa shape index (κ1) is 20.0. The van der Waals surface area contributed by atoms with Crippen LogP contribution in [0.25, 0.3) is 6.08 Å².